The third-order valence-corrected chi connectivity index (χ3v) is 7.48. The third-order valence-electron chi connectivity index (χ3n) is 6.86. The van der Waals surface area contributed by atoms with Gasteiger partial charge in [0.2, 0.25) is 0 Å². The Morgan fingerprint density at radius 2 is 0.886 bits per heavy atom. The predicted octanol–water partition coefficient (Wildman–Crippen LogP) is 11.7. The van der Waals surface area contributed by atoms with Gasteiger partial charge in [0.15, 0.2) is 6.29 Å². The summed E-state index contributed by atoms with van der Waals surface area (Å²) < 4.78 is 13.7. The fourth-order valence-corrected chi connectivity index (χ4v) is 4.88. The van der Waals surface area contributed by atoms with Gasteiger partial charge in [0.25, 0.3) is 0 Å². The first-order valence-electron chi connectivity index (χ1n) is 15.8. The van der Waals surface area contributed by atoms with Gasteiger partial charge in [0.05, 0.1) is 0 Å². The average Bonchev–Trinajstić information content (AvgIpc) is 2.87. The lowest BCUT2D eigenvalue weighted by molar-refractivity contribution is -0.148. The Balaban J connectivity index is 3.89. The van der Waals surface area contributed by atoms with Crippen molar-refractivity contribution in [2.75, 3.05) is 17.6 Å². The van der Waals surface area contributed by atoms with Crippen LogP contribution in [0.15, 0.2) is 12.2 Å². The molecular weight excluding hydrogens is 543 g/mol. The second-order valence-corrected chi connectivity index (χ2v) is 11.5. The number of allylic oxidation sites excluding steroid dienone is 2. The van der Waals surface area contributed by atoms with Crippen LogP contribution in [0, 0.1) is 0 Å². The van der Waals surface area contributed by atoms with E-state index in [0.29, 0.717) is 0 Å². The zero-order chi connectivity index (χ0) is 25.5. The van der Waals surface area contributed by atoms with Crippen molar-refractivity contribution in [3.05, 3.63) is 12.2 Å². The van der Waals surface area contributed by atoms with Gasteiger partial charge in [-0.25, -0.2) is 0 Å². The van der Waals surface area contributed by atoms with Crippen LogP contribution < -0.4 is 0 Å². The molecule has 210 valence electrons. The summed E-state index contributed by atoms with van der Waals surface area (Å²) in [5, 5.41) is 0. The molecule has 0 spiro atoms. The van der Waals surface area contributed by atoms with Gasteiger partial charge in [-0.1, -0.05) is 158 Å². The molecule has 0 fully saturated rings. The quantitative estimate of drug-likeness (QED) is 0.0266. The Hall–Kier alpha value is 0.390. The molecule has 0 atom stereocenters. The maximum atomic E-state index is 6.21. The molecule has 0 bridgehead atoms. The predicted molar refractivity (Wildman–Crippen MR) is 166 cm³/mol. The topological polar surface area (TPSA) is 18.5 Å². The minimum atomic E-state index is 0.0281. The molecule has 0 rings (SSSR count). The monoisotopic (exact) mass is 606 g/mol. The highest BCUT2D eigenvalue weighted by Gasteiger charge is 2.09. The molecule has 0 saturated heterocycles. The smallest absolute Gasteiger partial charge is 0.157 e. The van der Waals surface area contributed by atoms with Gasteiger partial charge in [-0.2, -0.15) is 0 Å². The highest BCUT2D eigenvalue weighted by Crippen LogP contribution is 2.15. The number of ether oxygens (including phenoxy) is 2. The first-order chi connectivity index (χ1) is 17.3. The van der Waals surface area contributed by atoms with Crippen LogP contribution in [0.1, 0.15) is 168 Å². The van der Waals surface area contributed by atoms with E-state index >= 15 is 0 Å². The van der Waals surface area contributed by atoms with Crippen LogP contribution in [0.4, 0.5) is 0 Å². The minimum absolute atomic E-state index is 0.0281. The third kappa shape index (κ3) is 30.5. The van der Waals surface area contributed by atoms with Crippen molar-refractivity contribution < 1.29 is 9.47 Å². The molecule has 0 N–H and O–H groups in total. The molecule has 35 heavy (non-hydrogen) atoms. The maximum Gasteiger partial charge on any atom is 0.157 e. The van der Waals surface area contributed by atoms with Crippen molar-refractivity contribution >= 4 is 22.6 Å². The lowest BCUT2D eigenvalue weighted by Crippen LogP contribution is -2.19. The van der Waals surface area contributed by atoms with Gasteiger partial charge in [-0.3, -0.25) is 0 Å². The molecule has 0 aromatic heterocycles. The zero-order valence-electron chi connectivity index (χ0n) is 24.0. The summed E-state index contributed by atoms with van der Waals surface area (Å²) in [6, 6.07) is 0. The number of alkyl halides is 1. The first kappa shape index (κ1) is 35.4. The Labute approximate surface area is 235 Å². The van der Waals surface area contributed by atoms with Gasteiger partial charge >= 0.3 is 0 Å². The van der Waals surface area contributed by atoms with E-state index in [4.69, 9.17) is 9.47 Å². The molecule has 0 radical (unpaired) electrons. The number of halogens is 1. The lowest BCUT2D eigenvalue weighted by atomic mass is 10.1. The second-order valence-electron chi connectivity index (χ2n) is 10.4. The van der Waals surface area contributed by atoms with Crippen LogP contribution >= 0.6 is 22.6 Å². The van der Waals surface area contributed by atoms with E-state index in [9.17, 15) is 0 Å². The summed E-state index contributed by atoms with van der Waals surface area (Å²) in [4.78, 5) is 0. The molecule has 0 aromatic carbocycles. The first-order valence-corrected chi connectivity index (χ1v) is 17.3. The summed E-state index contributed by atoms with van der Waals surface area (Å²) in [5.41, 5.74) is 0. The summed E-state index contributed by atoms with van der Waals surface area (Å²) in [6.07, 6.45) is 36.5. The van der Waals surface area contributed by atoms with Gasteiger partial charge in [0, 0.05) is 17.6 Å². The van der Waals surface area contributed by atoms with E-state index in [-0.39, 0.29) is 6.29 Å². The molecule has 0 aromatic rings. The van der Waals surface area contributed by atoms with Gasteiger partial charge in [0.1, 0.15) is 0 Å². The van der Waals surface area contributed by atoms with Crippen molar-refractivity contribution in [3.8, 4) is 0 Å². The van der Waals surface area contributed by atoms with Crippen molar-refractivity contribution in [2.24, 2.45) is 0 Å². The van der Waals surface area contributed by atoms with E-state index in [0.717, 1.165) is 19.6 Å². The maximum absolute atomic E-state index is 6.21. The van der Waals surface area contributed by atoms with Gasteiger partial charge in [-0.05, 0) is 44.9 Å². The van der Waals surface area contributed by atoms with E-state index in [1.54, 1.807) is 0 Å². The minimum Gasteiger partial charge on any atom is -0.353 e. The van der Waals surface area contributed by atoms with Crippen molar-refractivity contribution in [1.29, 1.82) is 0 Å². The zero-order valence-corrected chi connectivity index (χ0v) is 26.2. The average molecular weight is 607 g/mol. The van der Waals surface area contributed by atoms with Crippen LogP contribution in [-0.4, -0.2) is 23.9 Å². The highest BCUT2D eigenvalue weighted by molar-refractivity contribution is 14.1. The lowest BCUT2D eigenvalue weighted by Gasteiger charge is -2.19. The number of unbranched alkanes of at least 4 members (excludes halogenated alkanes) is 19. The molecule has 0 heterocycles. The summed E-state index contributed by atoms with van der Waals surface area (Å²) in [7, 11) is 0. The number of hydrogen-bond donors (Lipinski definition) is 0. The molecule has 0 aliphatic heterocycles. The molecule has 0 amide bonds. The molecule has 0 aliphatic carbocycles. The van der Waals surface area contributed by atoms with Crippen LogP contribution in [-0.2, 0) is 9.47 Å². The largest absolute Gasteiger partial charge is 0.353 e. The molecular formula is C32H63IO2. The Bertz CT molecular complexity index is 377. The van der Waals surface area contributed by atoms with Gasteiger partial charge in [-0.15, -0.1) is 0 Å². The van der Waals surface area contributed by atoms with Crippen LogP contribution in [0.25, 0.3) is 0 Å². The van der Waals surface area contributed by atoms with Crippen LogP contribution in [0.5, 0.6) is 0 Å². The van der Waals surface area contributed by atoms with Crippen molar-refractivity contribution in [2.45, 2.75) is 174 Å². The molecule has 0 unspecified atom stereocenters. The fraction of sp³-hybridized carbons (Fsp3) is 0.938. The molecule has 2 nitrogen and oxygen atoms in total. The van der Waals surface area contributed by atoms with E-state index in [1.165, 1.54) is 152 Å². The molecule has 0 saturated carbocycles. The van der Waals surface area contributed by atoms with Crippen LogP contribution in [0.2, 0.25) is 0 Å². The van der Waals surface area contributed by atoms with Crippen LogP contribution in [0.3, 0.4) is 0 Å². The SMILES string of the molecule is CCCCCCCCCCOC(CCCCCCC/C=C/CCI)OCCCCCCCCCC. The Kier molecular flexibility index (Phi) is 32.8. The van der Waals surface area contributed by atoms with Gasteiger partial charge < -0.3 is 9.47 Å². The second kappa shape index (κ2) is 32.4. The standard InChI is InChI=1S/C32H63IO2/c1-3-5-7-9-11-18-22-26-30-34-32(35-31-27-23-19-12-10-8-6-4-2)28-24-20-16-14-13-15-17-21-25-29-33/h17,21,32H,3-16,18-20,22-31H2,1-2H3/b21-17+. The number of rotatable bonds is 30. The fourth-order valence-electron chi connectivity index (χ4n) is 4.52. The summed E-state index contributed by atoms with van der Waals surface area (Å²) >= 11 is 2.44. The Morgan fingerprint density at radius 3 is 1.37 bits per heavy atom. The van der Waals surface area contributed by atoms with E-state index in [1.807, 2.05) is 0 Å². The molecule has 0 aliphatic rings. The summed E-state index contributed by atoms with van der Waals surface area (Å²) in [6.45, 7) is 6.33. The summed E-state index contributed by atoms with van der Waals surface area (Å²) in [5.74, 6) is 0. The van der Waals surface area contributed by atoms with E-state index in [2.05, 4.69) is 48.6 Å². The van der Waals surface area contributed by atoms with Crippen molar-refractivity contribution in [3.63, 3.8) is 0 Å². The van der Waals surface area contributed by atoms with E-state index < -0.39 is 0 Å². The normalized spacial score (nSPS) is 11.9. The van der Waals surface area contributed by atoms with Crippen molar-refractivity contribution in [1.82, 2.24) is 0 Å². The Morgan fingerprint density at radius 1 is 0.486 bits per heavy atom. The number of hydrogen-bond acceptors (Lipinski definition) is 2. The highest BCUT2D eigenvalue weighted by atomic mass is 127. The molecule has 3 heteroatoms.